The van der Waals surface area contributed by atoms with Crippen LogP contribution in [0.15, 0.2) is 36.5 Å². The number of benzene rings is 1. The fourth-order valence-corrected chi connectivity index (χ4v) is 4.08. The highest BCUT2D eigenvalue weighted by Gasteiger charge is 2.19. The fourth-order valence-electron chi connectivity index (χ4n) is 3.40. The van der Waals surface area contributed by atoms with Gasteiger partial charge in [-0.1, -0.05) is 30.3 Å². The van der Waals surface area contributed by atoms with Gasteiger partial charge in [0.1, 0.15) is 0 Å². The van der Waals surface area contributed by atoms with Gasteiger partial charge < -0.3 is 15.0 Å². The van der Waals surface area contributed by atoms with Gasteiger partial charge in [-0.3, -0.25) is 14.5 Å². The Morgan fingerprint density at radius 1 is 1.23 bits per heavy atom. The van der Waals surface area contributed by atoms with E-state index in [1.54, 1.807) is 11.1 Å². The molecule has 30 heavy (non-hydrogen) atoms. The van der Waals surface area contributed by atoms with E-state index < -0.39 is 0 Å². The standard InChI is InChI=1S/C22H30N4O3S/c1-18-16-23-22(30-18)24-20(27)17-26(11-5-10-25-12-14-29-15-13-25)21(28)9-8-19-6-3-2-4-7-19/h2-4,6-7,16H,5,8-15,17H2,1H3,(H,23,24,27). The summed E-state index contributed by atoms with van der Waals surface area (Å²) in [4.78, 5) is 34.6. The highest BCUT2D eigenvalue weighted by atomic mass is 32.1. The van der Waals surface area contributed by atoms with Gasteiger partial charge in [0.2, 0.25) is 11.8 Å². The van der Waals surface area contributed by atoms with Crippen molar-refractivity contribution in [3.63, 3.8) is 0 Å². The van der Waals surface area contributed by atoms with Gasteiger partial charge in [-0.25, -0.2) is 4.98 Å². The molecule has 1 aromatic heterocycles. The first-order valence-electron chi connectivity index (χ1n) is 10.4. The summed E-state index contributed by atoms with van der Waals surface area (Å²) in [7, 11) is 0. The van der Waals surface area contributed by atoms with Gasteiger partial charge in [0, 0.05) is 43.7 Å². The summed E-state index contributed by atoms with van der Waals surface area (Å²) in [6, 6.07) is 9.96. The molecule has 8 heteroatoms. The summed E-state index contributed by atoms with van der Waals surface area (Å²) in [6.45, 7) is 6.82. The zero-order valence-corrected chi connectivity index (χ0v) is 18.3. The van der Waals surface area contributed by atoms with E-state index in [2.05, 4.69) is 15.2 Å². The molecule has 1 aromatic carbocycles. The first-order chi connectivity index (χ1) is 14.6. The molecule has 0 spiro atoms. The monoisotopic (exact) mass is 430 g/mol. The van der Waals surface area contributed by atoms with Gasteiger partial charge in [0.05, 0.1) is 19.8 Å². The molecule has 162 valence electrons. The van der Waals surface area contributed by atoms with E-state index >= 15 is 0 Å². The molecule has 1 aliphatic rings. The summed E-state index contributed by atoms with van der Waals surface area (Å²) >= 11 is 1.43. The number of anilines is 1. The molecular weight excluding hydrogens is 400 g/mol. The minimum atomic E-state index is -0.205. The third-order valence-electron chi connectivity index (χ3n) is 5.03. The Morgan fingerprint density at radius 2 is 2.00 bits per heavy atom. The molecule has 7 nitrogen and oxygen atoms in total. The molecule has 2 amide bonds. The molecule has 0 unspecified atom stereocenters. The van der Waals surface area contributed by atoms with Gasteiger partial charge in [-0.05, 0) is 25.3 Å². The molecular formula is C22H30N4O3S. The molecule has 1 fully saturated rings. The fraction of sp³-hybridized carbons (Fsp3) is 0.500. The van der Waals surface area contributed by atoms with Crippen LogP contribution < -0.4 is 5.32 Å². The van der Waals surface area contributed by atoms with Crippen molar-refractivity contribution < 1.29 is 14.3 Å². The van der Waals surface area contributed by atoms with E-state index in [1.807, 2.05) is 37.3 Å². The highest BCUT2D eigenvalue weighted by molar-refractivity contribution is 7.15. The number of thiazole rings is 1. The molecule has 0 atom stereocenters. The molecule has 2 heterocycles. The van der Waals surface area contributed by atoms with Crippen LogP contribution in [0.1, 0.15) is 23.3 Å². The van der Waals surface area contributed by atoms with Crippen LogP contribution in [-0.2, 0) is 20.7 Å². The van der Waals surface area contributed by atoms with E-state index in [-0.39, 0.29) is 18.4 Å². The van der Waals surface area contributed by atoms with Crippen LogP contribution in [0.4, 0.5) is 5.13 Å². The maximum Gasteiger partial charge on any atom is 0.245 e. The second-order valence-corrected chi connectivity index (χ2v) is 8.67. The van der Waals surface area contributed by atoms with E-state index in [1.165, 1.54) is 11.3 Å². The second-order valence-electron chi connectivity index (χ2n) is 7.43. The molecule has 1 saturated heterocycles. The lowest BCUT2D eigenvalue weighted by atomic mass is 10.1. The summed E-state index contributed by atoms with van der Waals surface area (Å²) < 4.78 is 5.39. The second kappa shape index (κ2) is 11.8. The smallest absolute Gasteiger partial charge is 0.245 e. The van der Waals surface area contributed by atoms with Crippen molar-refractivity contribution in [3.05, 3.63) is 47.0 Å². The summed E-state index contributed by atoms with van der Waals surface area (Å²) in [6.07, 6.45) is 3.63. The van der Waals surface area contributed by atoms with Crippen molar-refractivity contribution in [1.82, 2.24) is 14.8 Å². The van der Waals surface area contributed by atoms with E-state index in [0.717, 1.165) is 49.7 Å². The third-order valence-corrected chi connectivity index (χ3v) is 5.86. The number of aryl methyl sites for hydroxylation is 2. The average Bonchev–Trinajstić information content (AvgIpc) is 3.17. The number of amides is 2. The van der Waals surface area contributed by atoms with E-state index in [0.29, 0.717) is 24.5 Å². The van der Waals surface area contributed by atoms with Crippen LogP contribution >= 0.6 is 11.3 Å². The number of nitrogens with zero attached hydrogens (tertiary/aromatic N) is 3. The van der Waals surface area contributed by atoms with Crippen LogP contribution in [0.2, 0.25) is 0 Å². The maximum atomic E-state index is 12.9. The van der Waals surface area contributed by atoms with Crippen LogP contribution in [0.3, 0.4) is 0 Å². The van der Waals surface area contributed by atoms with Crippen LogP contribution in [0.25, 0.3) is 0 Å². The summed E-state index contributed by atoms with van der Waals surface area (Å²) in [5.74, 6) is -0.199. The number of hydrogen-bond donors (Lipinski definition) is 1. The Bertz CT molecular complexity index is 806. The van der Waals surface area contributed by atoms with Gasteiger partial charge >= 0.3 is 0 Å². The highest BCUT2D eigenvalue weighted by Crippen LogP contribution is 2.16. The van der Waals surface area contributed by atoms with Crippen molar-refractivity contribution in [2.24, 2.45) is 0 Å². The van der Waals surface area contributed by atoms with Gasteiger partial charge in [0.15, 0.2) is 5.13 Å². The largest absolute Gasteiger partial charge is 0.379 e. The zero-order chi connectivity index (χ0) is 21.2. The number of carbonyl (C=O) groups is 2. The van der Waals surface area contributed by atoms with Crippen molar-refractivity contribution in [2.45, 2.75) is 26.2 Å². The van der Waals surface area contributed by atoms with Gasteiger partial charge in [0.25, 0.3) is 0 Å². The van der Waals surface area contributed by atoms with E-state index in [4.69, 9.17) is 4.74 Å². The molecule has 3 rings (SSSR count). The quantitative estimate of drug-likeness (QED) is 0.627. The number of carbonyl (C=O) groups excluding carboxylic acids is 2. The van der Waals surface area contributed by atoms with Gasteiger partial charge in [-0.2, -0.15) is 0 Å². The number of morpholine rings is 1. The Labute approximate surface area is 182 Å². The van der Waals surface area contributed by atoms with Crippen molar-refractivity contribution in [3.8, 4) is 0 Å². The van der Waals surface area contributed by atoms with Gasteiger partial charge in [-0.15, -0.1) is 11.3 Å². The number of ether oxygens (including phenoxy) is 1. The average molecular weight is 431 g/mol. The number of hydrogen-bond acceptors (Lipinski definition) is 6. The number of rotatable bonds is 10. The first kappa shape index (κ1) is 22.4. The van der Waals surface area contributed by atoms with Crippen LogP contribution in [-0.4, -0.2) is 72.5 Å². The molecule has 0 radical (unpaired) electrons. The lowest BCUT2D eigenvalue weighted by molar-refractivity contribution is -0.134. The SMILES string of the molecule is Cc1cnc(NC(=O)CN(CCCN2CCOCC2)C(=O)CCc2ccccc2)s1. The van der Waals surface area contributed by atoms with Crippen LogP contribution in [0.5, 0.6) is 0 Å². The summed E-state index contributed by atoms with van der Waals surface area (Å²) in [5, 5.41) is 3.38. The molecule has 1 aliphatic heterocycles. The lowest BCUT2D eigenvalue weighted by Gasteiger charge is -2.28. The first-order valence-corrected chi connectivity index (χ1v) is 11.3. The predicted molar refractivity (Wildman–Crippen MR) is 119 cm³/mol. The third kappa shape index (κ3) is 7.51. The maximum absolute atomic E-state index is 12.9. The molecule has 1 N–H and O–H groups in total. The summed E-state index contributed by atoms with van der Waals surface area (Å²) in [5.41, 5.74) is 1.13. The molecule has 2 aromatic rings. The topological polar surface area (TPSA) is 74.8 Å². The van der Waals surface area contributed by atoms with E-state index in [9.17, 15) is 9.59 Å². The molecule has 0 saturated carbocycles. The Balaban J connectivity index is 1.53. The zero-order valence-electron chi connectivity index (χ0n) is 17.5. The number of nitrogens with one attached hydrogen (secondary N) is 1. The minimum absolute atomic E-state index is 0.00583. The molecule has 0 bridgehead atoms. The Morgan fingerprint density at radius 3 is 2.70 bits per heavy atom. The lowest BCUT2D eigenvalue weighted by Crippen LogP contribution is -2.41. The minimum Gasteiger partial charge on any atom is -0.379 e. The van der Waals surface area contributed by atoms with Crippen LogP contribution in [0, 0.1) is 6.92 Å². The van der Waals surface area contributed by atoms with Crippen molar-refractivity contribution in [1.29, 1.82) is 0 Å². The Hall–Kier alpha value is -2.29. The normalized spacial score (nSPS) is 14.4. The van der Waals surface area contributed by atoms with Crippen molar-refractivity contribution in [2.75, 3.05) is 51.3 Å². The van der Waals surface area contributed by atoms with Crippen molar-refractivity contribution >= 4 is 28.3 Å². The number of aromatic nitrogens is 1. The predicted octanol–water partition coefficient (Wildman–Crippen LogP) is 2.57. The Kier molecular flexibility index (Phi) is 8.80. The molecule has 0 aliphatic carbocycles.